The van der Waals surface area contributed by atoms with Gasteiger partial charge in [-0.2, -0.15) is 0 Å². The van der Waals surface area contributed by atoms with Crippen LogP contribution in [0.5, 0.6) is 0 Å². The van der Waals surface area contributed by atoms with E-state index < -0.39 is 0 Å². The molecule has 124 valence electrons. The highest BCUT2D eigenvalue weighted by Gasteiger charge is 2.22. The summed E-state index contributed by atoms with van der Waals surface area (Å²) in [5.41, 5.74) is 2.74. The average molecular weight is 334 g/mol. The van der Waals surface area contributed by atoms with Crippen LogP contribution in [0.15, 0.2) is 23.0 Å². The third-order valence-electron chi connectivity index (χ3n) is 4.99. The molecule has 1 aromatic carbocycles. The number of pyridine rings is 1. The number of nitrogens with zero attached hydrogens (tertiary/aromatic N) is 2. The molecule has 0 bridgehead atoms. The normalized spacial score (nSPS) is 17.3. The van der Waals surface area contributed by atoms with Crippen LogP contribution in [0.25, 0.3) is 10.9 Å². The van der Waals surface area contributed by atoms with Crippen LogP contribution in [-0.4, -0.2) is 48.0 Å². The van der Waals surface area contributed by atoms with Crippen LogP contribution >= 0.6 is 11.6 Å². The predicted octanol–water partition coefficient (Wildman–Crippen LogP) is 3.02. The first kappa shape index (κ1) is 16.5. The van der Waals surface area contributed by atoms with Gasteiger partial charge in [0.05, 0.1) is 0 Å². The number of nitrogens with one attached hydrogen (secondary N) is 1. The summed E-state index contributed by atoms with van der Waals surface area (Å²) in [7, 11) is 4.29. The highest BCUT2D eigenvalue weighted by atomic mass is 35.5. The fraction of sp³-hybridized carbons (Fsp3) is 0.500. The summed E-state index contributed by atoms with van der Waals surface area (Å²) in [6.07, 6.45) is 2.31. The predicted molar refractivity (Wildman–Crippen MR) is 96.3 cm³/mol. The van der Waals surface area contributed by atoms with Gasteiger partial charge in [0.25, 0.3) is 0 Å². The standard InChI is InChI=1S/C18H24ClN3O/c1-12-16(11-22(3)14-6-8-21(2)9-7-14)18(23)15-10-13(19)4-5-17(15)20-12/h4-5,10,14H,6-9,11H2,1-3H3,(H,20,23). The maximum absolute atomic E-state index is 12.9. The van der Waals surface area contributed by atoms with E-state index >= 15 is 0 Å². The summed E-state index contributed by atoms with van der Waals surface area (Å²) in [5.74, 6) is 0. The van der Waals surface area contributed by atoms with Gasteiger partial charge >= 0.3 is 0 Å². The van der Waals surface area contributed by atoms with Crippen LogP contribution in [0.3, 0.4) is 0 Å². The molecule has 1 aliphatic rings. The number of rotatable bonds is 3. The number of piperidine rings is 1. The van der Waals surface area contributed by atoms with Gasteiger partial charge in [-0.1, -0.05) is 11.6 Å². The number of aryl methyl sites for hydroxylation is 1. The SMILES string of the molecule is Cc1[nH]c2ccc(Cl)cc2c(=O)c1CN(C)C1CCN(C)CC1. The lowest BCUT2D eigenvalue weighted by molar-refractivity contribution is 0.139. The van der Waals surface area contributed by atoms with Crippen molar-refractivity contribution in [2.45, 2.75) is 32.4 Å². The van der Waals surface area contributed by atoms with E-state index in [1.165, 1.54) is 0 Å². The second-order valence-corrected chi connectivity index (χ2v) is 7.13. The molecule has 4 nitrogen and oxygen atoms in total. The molecule has 2 aromatic rings. The van der Waals surface area contributed by atoms with Gasteiger partial charge in [0.1, 0.15) is 0 Å². The van der Waals surface area contributed by atoms with Crippen molar-refractivity contribution in [2.75, 3.05) is 27.2 Å². The number of benzene rings is 1. The van der Waals surface area contributed by atoms with E-state index in [0.29, 0.717) is 23.0 Å². The van der Waals surface area contributed by atoms with Crippen molar-refractivity contribution in [3.05, 3.63) is 44.7 Å². The van der Waals surface area contributed by atoms with Crippen LogP contribution < -0.4 is 5.43 Å². The van der Waals surface area contributed by atoms with Gasteiger partial charge in [-0.25, -0.2) is 0 Å². The third kappa shape index (κ3) is 3.44. The molecule has 0 atom stereocenters. The van der Waals surface area contributed by atoms with Crippen molar-refractivity contribution < 1.29 is 0 Å². The summed E-state index contributed by atoms with van der Waals surface area (Å²) in [4.78, 5) is 20.9. The number of H-pyrrole nitrogens is 1. The Morgan fingerprint density at radius 3 is 2.74 bits per heavy atom. The Bertz CT molecular complexity index is 763. The molecule has 0 spiro atoms. The topological polar surface area (TPSA) is 39.3 Å². The van der Waals surface area contributed by atoms with Gasteiger partial charge in [0, 0.05) is 39.8 Å². The highest BCUT2D eigenvalue weighted by molar-refractivity contribution is 6.31. The molecule has 0 aliphatic carbocycles. The Balaban J connectivity index is 1.89. The number of hydrogen-bond acceptors (Lipinski definition) is 3. The number of aromatic nitrogens is 1. The zero-order valence-electron chi connectivity index (χ0n) is 14.0. The second kappa shape index (κ2) is 6.63. The van der Waals surface area contributed by atoms with E-state index in [1.807, 2.05) is 19.1 Å². The van der Waals surface area contributed by atoms with E-state index in [2.05, 4.69) is 28.9 Å². The smallest absolute Gasteiger partial charge is 0.194 e. The van der Waals surface area contributed by atoms with E-state index in [1.54, 1.807) is 6.07 Å². The molecule has 1 N–H and O–H groups in total. The number of hydrogen-bond donors (Lipinski definition) is 1. The molecule has 1 saturated heterocycles. The van der Waals surface area contributed by atoms with Crippen molar-refractivity contribution in [1.82, 2.24) is 14.8 Å². The Morgan fingerprint density at radius 2 is 2.04 bits per heavy atom. The van der Waals surface area contributed by atoms with Crippen molar-refractivity contribution in [3.8, 4) is 0 Å². The molecular formula is C18H24ClN3O. The molecule has 23 heavy (non-hydrogen) atoms. The van der Waals surface area contributed by atoms with Gasteiger partial charge in [0.2, 0.25) is 0 Å². The minimum absolute atomic E-state index is 0.0959. The Kier molecular flexibility index (Phi) is 4.76. The van der Waals surface area contributed by atoms with Gasteiger partial charge in [-0.3, -0.25) is 9.69 Å². The zero-order chi connectivity index (χ0) is 16.6. The quantitative estimate of drug-likeness (QED) is 0.938. The molecule has 5 heteroatoms. The molecule has 2 heterocycles. The Morgan fingerprint density at radius 1 is 1.35 bits per heavy atom. The highest BCUT2D eigenvalue weighted by Crippen LogP contribution is 2.20. The van der Waals surface area contributed by atoms with Crippen LogP contribution in [0.1, 0.15) is 24.1 Å². The first-order chi connectivity index (χ1) is 11.0. The Hall–Kier alpha value is -1.36. The van der Waals surface area contributed by atoms with Crippen molar-refractivity contribution in [2.24, 2.45) is 0 Å². The number of fused-ring (bicyclic) bond motifs is 1. The first-order valence-corrected chi connectivity index (χ1v) is 8.53. The fourth-order valence-corrected chi connectivity index (χ4v) is 3.60. The monoisotopic (exact) mass is 333 g/mol. The van der Waals surface area contributed by atoms with Gasteiger partial charge in [-0.15, -0.1) is 0 Å². The molecule has 3 rings (SSSR count). The third-order valence-corrected chi connectivity index (χ3v) is 5.23. The van der Waals surface area contributed by atoms with Crippen molar-refractivity contribution in [1.29, 1.82) is 0 Å². The second-order valence-electron chi connectivity index (χ2n) is 6.70. The number of halogens is 1. The number of likely N-dealkylation sites (tertiary alicyclic amines) is 1. The first-order valence-electron chi connectivity index (χ1n) is 8.15. The molecule has 1 aromatic heterocycles. The summed E-state index contributed by atoms with van der Waals surface area (Å²) >= 11 is 6.06. The molecule has 0 amide bonds. The lowest BCUT2D eigenvalue weighted by atomic mass is 10.0. The summed E-state index contributed by atoms with van der Waals surface area (Å²) in [6, 6.07) is 5.98. The summed E-state index contributed by atoms with van der Waals surface area (Å²) in [6.45, 7) is 4.90. The molecule has 0 saturated carbocycles. The van der Waals surface area contributed by atoms with Gasteiger partial charge in [-0.05, 0) is 65.1 Å². The minimum Gasteiger partial charge on any atom is -0.358 e. The van der Waals surface area contributed by atoms with E-state index in [0.717, 1.165) is 42.7 Å². The summed E-state index contributed by atoms with van der Waals surface area (Å²) in [5, 5.41) is 1.27. The van der Waals surface area contributed by atoms with Crippen molar-refractivity contribution in [3.63, 3.8) is 0 Å². The van der Waals surface area contributed by atoms with Crippen LogP contribution in [0.4, 0.5) is 0 Å². The maximum Gasteiger partial charge on any atom is 0.194 e. The van der Waals surface area contributed by atoms with Crippen LogP contribution in [-0.2, 0) is 6.54 Å². The molecule has 1 fully saturated rings. The van der Waals surface area contributed by atoms with Crippen LogP contribution in [0, 0.1) is 6.92 Å². The molecule has 0 radical (unpaired) electrons. The minimum atomic E-state index is 0.0959. The molecular weight excluding hydrogens is 310 g/mol. The van der Waals surface area contributed by atoms with Gasteiger partial charge in [0.15, 0.2) is 5.43 Å². The zero-order valence-corrected chi connectivity index (χ0v) is 14.8. The van der Waals surface area contributed by atoms with E-state index in [4.69, 9.17) is 11.6 Å². The lowest BCUT2D eigenvalue weighted by Gasteiger charge is -2.35. The number of aromatic amines is 1. The maximum atomic E-state index is 12.9. The average Bonchev–Trinajstić information content (AvgIpc) is 2.53. The molecule has 1 aliphatic heterocycles. The largest absolute Gasteiger partial charge is 0.358 e. The fourth-order valence-electron chi connectivity index (χ4n) is 3.43. The van der Waals surface area contributed by atoms with E-state index in [9.17, 15) is 4.79 Å². The molecule has 0 unspecified atom stereocenters. The Labute approximate surface area is 142 Å². The van der Waals surface area contributed by atoms with Crippen molar-refractivity contribution >= 4 is 22.5 Å². The van der Waals surface area contributed by atoms with Crippen LogP contribution in [0.2, 0.25) is 5.02 Å². The van der Waals surface area contributed by atoms with Gasteiger partial charge < -0.3 is 9.88 Å². The van der Waals surface area contributed by atoms with E-state index in [-0.39, 0.29) is 5.43 Å². The summed E-state index contributed by atoms with van der Waals surface area (Å²) < 4.78 is 0. The lowest BCUT2D eigenvalue weighted by Crippen LogP contribution is -2.42.